The first-order chi connectivity index (χ1) is 14.8. The van der Waals surface area contributed by atoms with E-state index in [0.29, 0.717) is 29.4 Å². The van der Waals surface area contributed by atoms with Crippen molar-refractivity contribution in [1.29, 1.82) is 0 Å². The van der Waals surface area contributed by atoms with Gasteiger partial charge in [-0.25, -0.2) is 0 Å². The van der Waals surface area contributed by atoms with Crippen LogP contribution in [0.5, 0.6) is 0 Å². The SMILES string of the molecule is COC(C)(CNC(=O)C(=O)Nc1cccc(N2CCCCC2=O)c1)c1cccc(Cl)c1. The van der Waals surface area contributed by atoms with Crippen LogP contribution in [0.25, 0.3) is 0 Å². The molecule has 2 aromatic carbocycles. The Labute approximate surface area is 186 Å². The summed E-state index contributed by atoms with van der Waals surface area (Å²) in [4.78, 5) is 38.6. The highest BCUT2D eigenvalue weighted by molar-refractivity contribution is 6.39. The number of rotatable bonds is 6. The standard InChI is InChI=1S/C23H26ClN3O4/c1-23(31-2,16-7-5-8-17(24)13-16)15-25-21(29)22(30)26-18-9-6-10-19(14-18)27-12-4-3-11-20(27)28/h5-10,13-14H,3-4,11-12,15H2,1-2H3,(H,25,29)(H,26,30). The number of nitrogens with zero attached hydrogens (tertiary/aromatic N) is 1. The van der Waals surface area contributed by atoms with Crippen molar-refractivity contribution in [1.82, 2.24) is 5.32 Å². The largest absolute Gasteiger partial charge is 0.372 e. The zero-order valence-corrected chi connectivity index (χ0v) is 18.4. The number of amides is 3. The molecule has 3 amide bonds. The first-order valence-corrected chi connectivity index (χ1v) is 10.5. The van der Waals surface area contributed by atoms with Gasteiger partial charge in [0.05, 0.1) is 6.54 Å². The Hall–Kier alpha value is -2.90. The zero-order chi connectivity index (χ0) is 22.4. The minimum absolute atomic E-state index is 0.0623. The molecule has 0 aromatic heterocycles. The molecule has 8 heteroatoms. The molecule has 31 heavy (non-hydrogen) atoms. The van der Waals surface area contributed by atoms with Crippen LogP contribution in [0, 0.1) is 0 Å². The van der Waals surface area contributed by atoms with Crippen LogP contribution in [0.15, 0.2) is 48.5 Å². The number of carbonyl (C=O) groups is 3. The first-order valence-electron chi connectivity index (χ1n) is 10.1. The number of ether oxygens (including phenoxy) is 1. The van der Waals surface area contributed by atoms with Crippen LogP contribution in [-0.4, -0.2) is 37.9 Å². The van der Waals surface area contributed by atoms with Gasteiger partial charge in [0.25, 0.3) is 0 Å². The Morgan fingerprint density at radius 1 is 1.13 bits per heavy atom. The lowest BCUT2D eigenvalue weighted by Gasteiger charge is -2.29. The van der Waals surface area contributed by atoms with Crippen molar-refractivity contribution in [2.75, 3.05) is 30.4 Å². The van der Waals surface area contributed by atoms with E-state index in [1.807, 2.05) is 12.1 Å². The fourth-order valence-corrected chi connectivity index (χ4v) is 3.65. The Morgan fingerprint density at radius 3 is 2.61 bits per heavy atom. The molecule has 0 radical (unpaired) electrons. The maximum atomic E-state index is 12.4. The maximum Gasteiger partial charge on any atom is 0.313 e. The van der Waals surface area contributed by atoms with Gasteiger partial charge < -0.3 is 20.3 Å². The molecule has 1 unspecified atom stereocenters. The van der Waals surface area contributed by atoms with E-state index in [-0.39, 0.29) is 12.5 Å². The minimum atomic E-state index is -0.852. The average Bonchev–Trinajstić information content (AvgIpc) is 2.77. The molecular weight excluding hydrogens is 418 g/mol. The maximum absolute atomic E-state index is 12.4. The van der Waals surface area contributed by atoms with Crippen LogP contribution in [0.4, 0.5) is 11.4 Å². The van der Waals surface area contributed by atoms with E-state index >= 15 is 0 Å². The van der Waals surface area contributed by atoms with Crippen LogP contribution in [0.1, 0.15) is 31.7 Å². The molecule has 3 rings (SSSR count). The van der Waals surface area contributed by atoms with Gasteiger partial charge >= 0.3 is 11.8 Å². The second-order valence-corrected chi connectivity index (χ2v) is 8.07. The Kier molecular flexibility index (Phi) is 7.30. The normalized spacial score (nSPS) is 15.8. The molecule has 0 bridgehead atoms. The van der Waals surface area contributed by atoms with Gasteiger partial charge in [0.1, 0.15) is 5.60 Å². The van der Waals surface area contributed by atoms with Gasteiger partial charge in [-0.3, -0.25) is 14.4 Å². The predicted octanol–water partition coefficient (Wildman–Crippen LogP) is 3.47. The summed E-state index contributed by atoms with van der Waals surface area (Å²) >= 11 is 6.06. The molecule has 1 fully saturated rings. The number of halogens is 1. The molecule has 7 nitrogen and oxygen atoms in total. The lowest BCUT2D eigenvalue weighted by atomic mass is 9.95. The quantitative estimate of drug-likeness (QED) is 0.669. The highest BCUT2D eigenvalue weighted by atomic mass is 35.5. The lowest BCUT2D eigenvalue weighted by molar-refractivity contribution is -0.137. The first kappa shape index (κ1) is 22.8. The van der Waals surface area contributed by atoms with Gasteiger partial charge in [-0.15, -0.1) is 0 Å². The third-order valence-electron chi connectivity index (χ3n) is 5.42. The number of piperidine rings is 1. The monoisotopic (exact) mass is 443 g/mol. The van der Waals surface area contributed by atoms with Crippen molar-refractivity contribution in [2.24, 2.45) is 0 Å². The average molecular weight is 444 g/mol. The van der Waals surface area contributed by atoms with E-state index in [4.69, 9.17) is 16.3 Å². The highest BCUT2D eigenvalue weighted by Gasteiger charge is 2.28. The number of nitrogens with one attached hydrogen (secondary N) is 2. The Morgan fingerprint density at radius 2 is 1.90 bits per heavy atom. The lowest BCUT2D eigenvalue weighted by Crippen LogP contribution is -2.44. The molecule has 0 aliphatic carbocycles. The molecule has 2 aromatic rings. The van der Waals surface area contributed by atoms with Gasteiger partial charge in [0.15, 0.2) is 0 Å². The van der Waals surface area contributed by atoms with Crippen molar-refractivity contribution in [3.63, 3.8) is 0 Å². The summed E-state index contributed by atoms with van der Waals surface area (Å²) in [6, 6.07) is 14.1. The molecule has 164 valence electrons. The van der Waals surface area contributed by atoms with Gasteiger partial charge in [0.2, 0.25) is 5.91 Å². The molecular formula is C23H26ClN3O4. The van der Waals surface area contributed by atoms with Crippen LogP contribution in [0.3, 0.4) is 0 Å². The summed E-state index contributed by atoms with van der Waals surface area (Å²) in [7, 11) is 1.53. The van der Waals surface area contributed by atoms with Gasteiger partial charge in [-0.2, -0.15) is 0 Å². The van der Waals surface area contributed by atoms with Crippen LogP contribution in [0.2, 0.25) is 5.02 Å². The second kappa shape index (κ2) is 9.94. The van der Waals surface area contributed by atoms with Gasteiger partial charge in [0, 0.05) is 36.5 Å². The van der Waals surface area contributed by atoms with Gasteiger partial charge in [-0.05, 0) is 55.7 Å². The number of hydrogen-bond donors (Lipinski definition) is 2. The summed E-state index contributed by atoms with van der Waals surface area (Å²) in [5.41, 5.74) is 1.08. The highest BCUT2D eigenvalue weighted by Crippen LogP contribution is 2.26. The molecule has 0 spiro atoms. The fourth-order valence-electron chi connectivity index (χ4n) is 3.46. The topological polar surface area (TPSA) is 87.7 Å². The van der Waals surface area contributed by atoms with E-state index in [2.05, 4.69) is 10.6 Å². The van der Waals surface area contributed by atoms with Crippen LogP contribution >= 0.6 is 11.6 Å². The Balaban J connectivity index is 1.62. The van der Waals surface area contributed by atoms with E-state index in [0.717, 1.165) is 18.4 Å². The number of benzene rings is 2. The summed E-state index contributed by atoms with van der Waals surface area (Å²) in [6.07, 6.45) is 2.35. The smallest absolute Gasteiger partial charge is 0.313 e. The number of methoxy groups -OCH3 is 1. The summed E-state index contributed by atoms with van der Waals surface area (Å²) in [5.74, 6) is -1.52. The molecule has 2 N–H and O–H groups in total. The van der Waals surface area contributed by atoms with E-state index in [1.54, 1.807) is 48.2 Å². The minimum Gasteiger partial charge on any atom is -0.372 e. The van der Waals surface area contributed by atoms with Crippen molar-refractivity contribution in [3.8, 4) is 0 Å². The van der Waals surface area contributed by atoms with Crippen molar-refractivity contribution >= 4 is 40.7 Å². The number of anilines is 2. The molecule has 1 saturated heterocycles. The third kappa shape index (κ3) is 5.62. The van der Waals surface area contributed by atoms with E-state index in [9.17, 15) is 14.4 Å². The summed E-state index contributed by atoms with van der Waals surface area (Å²) < 4.78 is 5.58. The molecule has 1 atom stereocenters. The molecule has 1 aliphatic heterocycles. The van der Waals surface area contributed by atoms with E-state index < -0.39 is 17.4 Å². The van der Waals surface area contributed by atoms with E-state index in [1.165, 1.54) is 7.11 Å². The van der Waals surface area contributed by atoms with Crippen molar-refractivity contribution < 1.29 is 19.1 Å². The molecule has 1 heterocycles. The predicted molar refractivity (Wildman–Crippen MR) is 120 cm³/mol. The molecule has 1 aliphatic rings. The van der Waals surface area contributed by atoms with Gasteiger partial charge in [-0.1, -0.05) is 29.8 Å². The third-order valence-corrected chi connectivity index (χ3v) is 5.65. The number of hydrogen-bond acceptors (Lipinski definition) is 4. The fraction of sp³-hybridized carbons (Fsp3) is 0.348. The zero-order valence-electron chi connectivity index (χ0n) is 17.6. The summed E-state index contributed by atoms with van der Waals surface area (Å²) in [6.45, 7) is 2.53. The Bertz CT molecular complexity index is 981. The van der Waals surface area contributed by atoms with Crippen molar-refractivity contribution in [2.45, 2.75) is 31.8 Å². The van der Waals surface area contributed by atoms with Crippen LogP contribution in [-0.2, 0) is 24.7 Å². The molecule has 0 saturated carbocycles. The second-order valence-electron chi connectivity index (χ2n) is 7.63. The van der Waals surface area contributed by atoms with Crippen molar-refractivity contribution in [3.05, 3.63) is 59.1 Å². The summed E-state index contributed by atoms with van der Waals surface area (Å²) in [5, 5.41) is 5.75. The number of carbonyl (C=O) groups excluding carboxylic acids is 3. The van der Waals surface area contributed by atoms with Crippen LogP contribution < -0.4 is 15.5 Å².